The van der Waals surface area contributed by atoms with E-state index in [2.05, 4.69) is 24.0 Å². The highest BCUT2D eigenvalue weighted by atomic mass is 14.6. The van der Waals surface area contributed by atoms with E-state index >= 15 is 0 Å². The molecule has 1 unspecified atom stereocenters. The van der Waals surface area contributed by atoms with Crippen LogP contribution in [0.4, 0.5) is 0 Å². The molecule has 78 valence electrons. The highest BCUT2D eigenvalue weighted by Gasteiger charge is 2.07. The number of benzene rings is 1. The minimum Gasteiger partial charge on any atom is -0.264 e. The molecule has 1 aromatic carbocycles. The van der Waals surface area contributed by atoms with Crippen molar-refractivity contribution < 1.29 is 0 Å². The van der Waals surface area contributed by atoms with Crippen molar-refractivity contribution in [1.82, 2.24) is 4.98 Å². The van der Waals surface area contributed by atoms with Gasteiger partial charge in [0.25, 0.3) is 0 Å². The molecule has 0 spiro atoms. The van der Waals surface area contributed by atoms with Gasteiger partial charge in [-0.25, -0.2) is 0 Å². The van der Waals surface area contributed by atoms with E-state index in [1.807, 2.05) is 36.5 Å². The van der Waals surface area contributed by atoms with E-state index in [0.717, 1.165) is 0 Å². The zero-order chi connectivity index (χ0) is 11.4. The van der Waals surface area contributed by atoms with Crippen molar-refractivity contribution in [2.24, 2.45) is 0 Å². The van der Waals surface area contributed by atoms with E-state index < -0.39 is 0 Å². The van der Waals surface area contributed by atoms with Gasteiger partial charge < -0.3 is 0 Å². The molecule has 2 nitrogen and oxygen atoms in total. The number of aromatic nitrogens is 1. The first-order valence-electron chi connectivity index (χ1n) is 5.21. The molecule has 1 atom stereocenters. The van der Waals surface area contributed by atoms with Crippen molar-refractivity contribution in [3.8, 4) is 6.07 Å². The van der Waals surface area contributed by atoms with Crippen LogP contribution in [0.3, 0.4) is 0 Å². The molecule has 16 heavy (non-hydrogen) atoms. The maximum Gasteiger partial charge on any atom is 0.0991 e. The molecule has 0 saturated carbocycles. The first kappa shape index (κ1) is 10.4. The Morgan fingerprint density at radius 1 is 1.12 bits per heavy atom. The van der Waals surface area contributed by atoms with Crippen LogP contribution < -0.4 is 0 Å². The Labute approximate surface area is 95.2 Å². The normalized spacial score (nSPS) is 11.8. The van der Waals surface area contributed by atoms with E-state index in [1.54, 1.807) is 6.20 Å². The third kappa shape index (κ3) is 2.09. The van der Waals surface area contributed by atoms with Crippen molar-refractivity contribution in [2.45, 2.75) is 12.8 Å². The van der Waals surface area contributed by atoms with Gasteiger partial charge in [-0.3, -0.25) is 4.98 Å². The van der Waals surface area contributed by atoms with Gasteiger partial charge in [0.2, 0.25) is 0 Å². The molecule has 1 aromatic heterocycles. The van der Waals surface area contributed by atoms with Gasteiger partial charge in [-0.2, -0.15) is 5.26 Å². The molecule has 0 N–H and O–H groups in total. The molecule has 2 heteroatoms. The lowest BCUT2D eigenvalue weighted by atomic mass is 9.94. The molecular formula is C14H12N2. The Morgan fingerprint density at radius 2 is 1.88 bits per heavy atom. The van der Waals surface area contributed by atoms with Crippen LogP contribution in [-0.2, 0) is 0 Å². The smallest absolute Gasteiger partial charge is 0.0991 e. The average Bonchev–Trinajstić information content (AvgIpc) is 2.39. The lowest BCUT2D eigenvalue weighted by molar-refractivity contribution is 0.911. The zero-order valence-electron chi connectivity index (χ0n) is 9.09. The fourth-order valence-electron chi connectivity index (χ4n) is 1.67. The standard InChI is InChI=1S/C14H12N2/c1-11(14-3-2-8-16-10-14)13-6-4-12(9-15)5-7-13/h2-8,10-11H,1H3. The van der Waals surface area contributed by atoms with Crippen LogP contribution in [0.15, 0.2) is 48.8 Å². The Bertz CT molecular complexity index is 495. The van der Waals surface area contributed by atoms with Crippen molar-refractivity contribution in [3.05, 3.63) is 65.5 Å². The summed E-state index contributed by atoms with van der Waals surface area (Å²) in [6.45, 7) is 2.14. The number of pyridine rings is 1. The van der Waals surface area contributed by atoms with Gasteiger partial charge in [-0.1, -0.05) is 25.1 Å². The first-order chi connectivity index (χ1) is 7.81. The van der Waals surface area contributed by atoms with E-state index in [1.165, 1.54) is 11.1 Å². The molecule has 0 aliphatic carbocycles. The number of hydrogen-bond donors (Lipinski definition) is 0. The lowest BCUT2D eigenvalue weighted by Gasteiger charge is -2.11. The van der Waals surface area contributed by atoms with E-state index in [-0.39, 0.29) is 0 Å². The molecule has 0 saturated heterocycles. The highest BCUT2D eigenvalue weighted by molar-refractivity contribution is 5.36. The van der Waals surface area contributed by atoms with Gasteiger partial charge in [0.05, 0.1) is 11.6 Å². The summed E-state index contributed by atoms with van der Waals surface area (Å²) in [7, 11) is 0. The summed E-state index contributed by atoms with van der Waals surface area (Å²) in [4.78, 5) is 4.11. The fourth-order valence-corrected chi connectivity index (χ4v) is 1.67. The van der Waals surface area contributed by atoms with Gasteiger partial charge in [-0.15, -0.1) is 0 Å². The van der Waals surface area contributed by atoms with Crippen molar-refractivity contribution >= 4 is 0 Å². The maximum absolute atomic E-state index is 8.72. The van der Waals surface area contributed by atoms with Gasteiger partial charge >= 0.3 is 0 Å². The van der Waals surface area contributed by atoms with Crippen LogP contribution in [-0.4, -0.2) is 4.98 Å². The topological polar surface area (TPSA) is 36.7 Å². The average molecular weight is 208 g/mol. The van der Waals surface area contributed by atoms with Crippen molar-refractivity contribution in [3.63, 3.8) is 0 Å². The second kappa shape index (κ2) is 4.59. The van der Waals surface area contributed by atoms with Crippen LogP contribution in [0, 0.1) is 11.3 Å². The van der Waals surface area contributed by atoms with E-state index in [0.29, 0.717) is 11.5 Å². The summed E-state index contributed by atoms with van der Waals surface area (Å²) in [6, 6.07) is 13.8. The third-order valence-electron chi connectivity index (χ3n) is 2.72. The molecule has 0 radical (unpaired) electrons. The van der Waals surface area contributed by atoms with Gasteiger partial charge in [0.15, 0.2) is 0 Å². The lowest BCUT2D eigenvalue weighted by Crippen LogP contribution is -1.96. The molecule has 1 heterocycles. The summed E-state index contributed by atoms with van der Waals surface area (Å²) in [5.74, 6) is 0.307. The summed E-state index contributed by atoms with van der Waals surface area (Å²) >= 11 is 0. The minimum atomic E-state index is 0.307. The molecule has 0 fully saturated rings. The predicted molar refractivity (Wildman–Crippen MR) is 62.9 cm³/mol. The molecule has 0 aliphatic heterocycles. The summed E-state index contributed by atoms with van der Waals surface area (Å²) < 4.78 is 0. The van der Waals surface area contributed by atoms with Crippen LogP contribution in [0.2, 0.25) is 0 Å². The molecular weight excluding hydrogens is 196 g/mol. The number of nitriles is 1. The molecule has 2 rings (SSSR count). The van der Waals surface area contributed by atoms with Crippen molar-refractivity contribution in [1.29, 1.82) is 5.26 Å². The SMILES string of the molecule is CC(c1ccc(C#N)cc1)c1cccnc1. The zero-order valence-corrected chi connectivity index (χ0v) is 9.09. The summed E-state index contributed by atoms with van der Waals surface area (Å²) in [6.07, 6.45) is 3.65. The minimum absolute atomic E-state index is 0.307. The Kier molecular flexibility index (Phi) is 2.98. The van der Waals surface area contributed by atoms with Crippen LogP contribution in [0.1, 0.15) is 29.5 Å². The van der Waals surface area contributed by atoms with E-state index in [9.17, 15) is 0 Å². The molecule has 0 amide bonds. The van der Waals surface area contributed by atoms with Gasteiger partial charge in [-0.05, 0) is 29.3 Å². The van der Waals surface area contributed by atoms with Crippen LogP contribution in [0.5, 0.6) is 0 Å². The maximum atomic E-state index is 8.72. The third-order valence-corrected chi connectivity index (χ3v) is 2.72. The number of rotatable bonds is 2. The van der Waals surface area contributed by atoms with Crippen LogP contribution in [0.25, 0.3) is 0 Å². The van der Waals surface area contributed by atoms with Crippen molar-refractivity contribution in [2.75, 3.05) is 0 Å². The quantitative estimate of drug-likeness (QED) is 0.760. The second-order valence-corrected chi connectivity index (χ2v) is 3.74. The Balaban J connectivity index is 2.28. The molecule has 0 bridgehead atoms. The van der Waals surface area contributed by atoms with Gasteiger partial charge in [0, 0.05) is 18.3 Å². The largest absolute Gasteiger partial charge is 0.264 e. The fraction of sp³-hybridized carbons (Fsp3) is 0.143. The predicted octanol–water partition coefficient (Wildman–Crippen LogP) is 3.11. The van der Waals surface area contributed by atoms with E-state index in [4.69, 9.17) is 5.26 Å². The number of nitrogens with zero attached hydrogens (tertiary/aromatic N) is 2. The Morgan fingerprint density at radius 3 is 2.44 bits per heavy atom. The van der Waals surface area contributed by atoms with Crippen LogP contribution >= 0.6 is 0 Å². The second-order valence-electron chi connectivity index (χ2n) is 3.74. The monoisotopic (exact) mass is 208 g/mol. The Hall–Kier alpha value is -2.14. The molecule has 2 aromatic rings. The summed E-state index contributed by atoms with van der Waals surface area (Å²) in [5.41, 5.74) is 3.08. The molecule has 0 aliphatic rings. The number of hydrogen-bond acceptors (Lipinski definition) is 2. The van der Waals surface area contributed by atoms with Gasteiger partial charge in [0.1, 0.15) is 0 Å². The first-order valence-corrected chi connectivity index (χ1v) is 5.21. The highest BCUT2D eigenvalue weighted by Crippen LogP contribution is 2.23. The summed E-state index contributed by atoms with van der Waals surface area (Å²) in [5, 5.41) is 8.72.